The molecule has 0 unspecified atom stereocenters. The quantitative estimate of drug-likeness (QED) is 0.133. The number of methoxy groups -OCH3 is 1. The van der Waals surface area contributed by atoms with Gasteiger partial charge >= 0.3 is 6.03 Å². The number of nitrogens with one attached hydrogen (secondary N) is 3. The van der Waals surface area contributed by atoms with Crippen molar-refractivity contribution in [3.05, 3.63) is 108 Å². The third-order valence-electron chi connectivity index (χ3n) is 8.77. The van der Waals surface area contributed by atoms with Gasteiger partial charge in [-0.05, 0) is 48.7 Å². The normalized spacial score (nSPS) is 12.8. The van der Waals surface area contributed by atoms with E-state index in [-0.39, 0.29) is 17.9 Å². The van der Waals surface area contributed by atoms with Gasteiger partial charge in [-0.25, -0.2) is 29.4 Å². The molecule has 14 heteroatoms. The van der Waals surface area contributed by atoms with Gasteiger partial charge < -0.3 is 25.0 Å². The SMILES string of the molecule is COc1ccc(-n2nc(C(C)(C)C)cc2NC(=O)Nc2ccc(OCc3ccnc(Nc4cnc(C(=O)N5CCCC5)cn4)c3)c3ccccc23)cn1. The van der Waals surface area contributed by atoms with Crippen molar-refractivity contribution in [3.63, 3.8) is 0 Å². The summed E-state index contributed by atoms with van der Waals surface area (Å²) >= 11 is 0. The summed E-state index contributed by atoms with van der Waals surface area (Å²) in [5.74, 6) is 2.57. The third kappa shape index (κ3) is 8.01. The largest absolute Gasteiger partial charge is 0.488 e. The van der Waals surface area contributed by atoms with E-state index in [1.54, 1.807) is 35.2 Å². The van der Waals surface area contributed by atoms with Crippen LogP contribution in [0.2, 0.25) is 0 Å². The van der Waals surface area contributed by atoms with Gasteiger partial charge in [0.2, 0.25) is 5.88 Å². The molecule has 1 aliphatic heterocycles. The van der Waals surface area contributed by atoms with E-state index in [1.165, 1.54) is 12.4 Å². The number of carbonyl (C=O) groups excluding carboxylic acids is 2. The van der Waals surface area contributed by atoms with E-state index in [2.05, 4.69) is 56.7 Å². The molecule has 1 fully saturated rings. The first-order chi connectivity index (χ1) is 25.6. The zero-order chi connectivity index (χ0) is 37.0. The number of amides is 3. The fourth-order valence-electron chi connectivity index (χ4n) is 5.94. The second-order valence-electron chi connectivity index (χ2n) is 13.6. The molecule has 53 heavy (non-hydrogen) atoms. The molecule has 3 N–H and O–H groups in total. The Hall–Kier alpha value is -6.57. The van der Waals surface area contributed by atoms with Gasteiger partial charge in [-0.15, -0.1) is 0 Å². The number of nitrogens with zero attached hydrogens (tertiary/aromatic N) is 7. The van der Waals surface area contributed by atoms with E-state index in [1.807, 2.05) is 60.7 Å². The zero-order valence-electron chi connectivity index (χ0n) is 30.0. The van der Waals surface area contributed by atoms with Crippen molar-refractivity contribution in [2.24, 2.45) is 0 Å². The van der Waals surface area contributed by atoms with E-state index < -0.39 is 6.03 Å². The van der Waals surface area contributed by atoms with Gasteiger partial charge in [-0.1, -0.05) is 45.0 Å². The van der Waals surface area contributed by atoms with Crippen LogP contribution in [0, 0.1) is 0 Å². The summed E-state index contributed by atoms with van der Waals surface area (Å²) in [4.78, 5) is 45.3. The van der Waals surface area contributed by atoms with Gasteiger partial charge in [-0.3, -0.25) is 10.1 Å². The van der Waals surface area contributed by atoms with E-state index in [4.69, 9.17) is 14.6 Å². The Morgan fingerprint density at radius 2 is 1.64 bits per heavy atom. The average molecular weight is 713 g/mol. The molecule has 4 aromatic heterocycles. The van der Waals surface area contributed by atoms with Crippen LogP contribution < -0.4 is 25.4 Å². The van der Waals surface area contributed by atoms with Crippen molar-refractivity contribution in [3.8, 4) is 17.3 Å². The van der Waals surface area contributed by atoms with Crippen LogP contribution in [0.3, 0.4) is 0 Å². The van der Waals surface area contributed by atoms with E-state index in [0.717, 1.165) is 48.0 Å². The number of urea groups is 1. The lowest BCUT2D eigenvalue weighted by Crippen LogP contribution is -2.28. The molecule has 0 saturated carbocycles. The van der Waals surface area contributed by atoms with Gasteiger partial charge in [0, 0.05) is 47.6 Å². The summed E-state index contributed by atoms with van der Waals surface area (Å²) in [5, 5.41) is 15.5. The van der Waals surface area contributed by atoms with Crippen LogP contribution >= 0.6 is 0 Å². The van der Waals surface area contributed by atoms with Crippen molar-refractivity contribution in [2.75, 3.05) is 36.1 Å². The first-order valence-electron chi connectivity index (χ1n) is 17.3. The van der Waals surface area contributed by atoms with Crippen molar-refractivity contribution in [2.45, 2.75) is 45.6 Å². The van der Waals surface area contributed by atoms with Crippen LogP contribution in [0.25, 0.3) is 16.5 Å². The fraction of sp³-hybridized carbons (Fsp3) is 0.256. The highest BCUT2D eigenvalue weighted by atomic mass is 16.5. The first-order valence-corrected chi connectivity index (χ1v) is 17.3. The number of anilines is 4. The summed E-state index contributed by atoms with van der Waals surface area (Å²) in [6.07, 6.45) is 8.38. The van der Waals surface area contributed by atoms with Gasteiger partial charge in [0.15, 0.2) is 0 Å². The molecule has 2 aromatic carbocycles. The second kappa shape index (κ2) is 15.0. The number of hydrogen-bond donors (Lipinski definition) is 3. The molecule has 270 valence electrons. The number of hydrogen-bond acceptors (Lipinski definition) is 10. The first kappa shape index (κ1) is 34.9. The molecular formula is C39H40N10O4. The molecule has 0 radical (unpaired) electrons. The maximum Gasteiger partial charge on any atom is 0.324 e. The number of benzene rings is 2. The minimum atomic E-state index is -0.429. The highest BCUT2D eigenvalue weighted by Gasteiger charge is 2.23. The van der Waals surface area contributed by atoms with Crippen LogP contribution in [-0.2, 0) is 12.0 Å². The Balaban J connectivity index is 1.03. The lowest BCUT2D eigenvalue weighted by Gasteiger charge is -2.15. The molecule has 14 nitrogen and oxygen atoms in total. The van der Waals surface area contributed by atoms with Crippen molar-refractivity contribution in [1.82, 2.24) is 34.6 Å². The number of ether oxygens (including phenoxy) is 2. The number of fused-ring (bicyclic) bond motifs is 1. The van der Waals surface area contributed by atoms with E-state index in [0.29, 0.717) is 46.2 Å². The molecular weight excluding hydrogens is 672 g/mol. The molecule has 3 amide bonds. The Bertz CT molecular complexity index is 2240. The van der Waals surface area contributed by atoms with Gasteiger partial charge in [-0.2, -0.15) is 5.10 Å². The maximum absolute atomic E-state index is 13.5. The minimum Gasteiger partial charge on any atom is -0.488 e. The van der Waals surface area contributed by atoms with Crippen LogP contribution in [0.4, 0.5) is 27.9 Å². The molecule has 1 aliphatic rings. The third-order valence-corrected chi connectivity index (χ3v) is 8.77. The van der Waals surface area contributed by atoms with Crippen molar-refractivity contribution in [1.29, 1.82) is 0 Å². The maximum atomic E-state index is 13.5. The van der Waals surface area contributed by atoms with Crippen molar-refractivity contribution < 1.29 is 19.1 Å². The van der Waals surface area contributed by atoms with E-state index in [9.17, 15) is 9.59 Å². The highest BCUT2D eigenvalue weighted by Crippen LogP contribution is 2.33. The molecule has 5 heterocycles. The minimum absolute atomic E-state index is 0.0972. The van der Waals surface area contributed by atoms with Crippen LogP contribution in [0.1, 0.15) is 55.4 Å². The number of carbonyl (C=O) groups is 2. The summed E-state index contributed by atoms with van der Waals surface area (Å²) in [7, 11) is 1.56. The fourth-order valence-corrected chi connectivity index (χ4v) is 5.94. The summed E-state index contributed by atoms with van der Waals surface area (Å²) in [6, 6.07) is 20.1. The number of rotatable bonds is 10. The van der Waals surface area contributed by atoms with Gasteiger partial charge in [0.05, 0.1) is 42.8 Å². The highest BCUT2D eigenvalue weighted by molar-refractivity contribution is 6.07. The Labute approximate surface area is 306 Å². The smallest absolute Gasteiger partial charge is 0.324 e. The Kier molecular flexibility index (Phi) is 9.84. The predicted molar refractivity (Wildman–Crippen MR) is 202 cm³/mol. The molecule has 1 saturated heterocycles. The van der Waals surface area contributed by atoms with Gasteiger partial charge in [0.1, 0.15) is 35.5 Å². The molecule has 0 atom stereocenters. The number of pyridine rings is 2. The summed E-state index contributed by atoms with van der Waals surface area (Å²) in [6.45, 7) is 7.96. The number of likely N-dealkylation sites (tertiary alicyclic amines) is 1. The van der Waals surface area contributed by atoms with Crippen molar-refractivity contribution >= 4 is 45.9 Å². The molecule has 0 aliphatic carbocycles. The molecule has 0 bridgehead atoms. The standard InChI is InChI=1S/C39H40N10O4/c1-39(2,3)32-20-35(49(47-32)26-11-14-36(52-4)43-21-26)46-38(51)44-29-12-13-31(28-10-6-5-9-27(28)29)53-24-25-15-16-40-33(19-25)45-34-23-41-30(22-42-34)37(50)48-17-7-8-18-48/h5-6,9-16,19-23H,7-8,17-18,24H2,1-4H3,(H,40,42,45)(H2,44,46,51). The lowest BCUT2D eigenvalue weighted by atomic mass is 9.92. The van der Waals surface area contributed by atoms with Gasteiger partial charge in [0.25, 0.3) is 5.91 Å². The Morgan fingerprint density at radius 1 is 0.830 bits per heavy atom. The lowest BCUT2D eigenvalue weighted by molar-refractivity contribution is 0.0786. The molecule has 0 spiro atoms. The topological polar surface area (TPSA) is 161 Å². The van der Waals surface area contributed by atoms with Crippen LogP contribution in [0.5, 0.6) is 11.6 Å². The Morgan fingerprint density at radius 3 is 2.36 bits per heavy atom. The number of aromatic nitrogens is 6. The van der Waals surface area contributed by atoms with Crippen LogP contribution in [0.15, 0.2) is 91.5 Å². The monoisotopic (exact) mass is 712 g/mol. The second-order valence-corrected chi connectivity index (χ2v) is 13.6. The summed E-state index contributed by atoms with van der Waals surface area (Å²) in [5.41, 5.74) is 3.04. The molecule has 7 rings (SSSR count). The van der Waals surface area contributed by atoms with E-state index >= 15 is 0 Å². The summed E-state index contributed by atoms with van der Waals surface area (Å²) < 4.78 is 13.2. The predicted octanol–water partition coefficient (Wildman–Crippen LogP) is 7.11. The average Bonchev–Trinajstić information content (AvgIpc) is 3.86. The van der Waals surface area contributed by atoms with Crippen LogP contribution in [-0.4, -0.2) is 66.8 Å². The zero-order valence-corrected chi connectivity index (χ0v) is 30.0. The molecule has 6 aromatic rings.